The fourth-order valence-electron chi connectivity index (χ4n) is 5.58. The fraction of sp³-hybridized carbons (Fsp3) is 0.393. The zero-order valence-corrected chi connectivity index (χ0v) is 21.6. The van der Waals surface area contributed by atoms with Crippen LogP contribution in [-0.4, -0.2) is 54.3 Å². The van der Waals surface area contributed by atoms with Gasteiger partial charge in [0.15, 0.2) is 5.69 Å². The van der Waals surface area contributed by atoms with Gasteiger partial charge in [0.2, 0.25) is 0 Å². The summed E-state index contributed by atoms with van der Waals surface area (Å²) in [7, 11) is 0. The normalized spacial score (nSPS) is 22.6. The molecule has 2 fully saturated rings. The predicted octanol–water partition coefficient (Wildman–Crippen LogP) is 2.53. The van der Waals surface area contributed by atoms with Gasteiger partial charge >= 0.3 is 0 Å². The topological polar surface area (TPSA) is 157 Å². The molecule has 1 amide bonds. The van der Waals surface area contributed by atoms with Gasteiger partial charge in [-0.3, -0.25) is 9.78 Å². The molecule has 0 bridgehead atoms. The van der Waals surface area contributed by atoms with Crippen molar-refractivity contribution in [1.29, 1.82) is 0 Å². The lowest BCUT2D eigenvalue weighted by molar-refractivity contribution is 0.0853. The molecule has 3 atom stereocenters. The van der Waals surface area contributed by atoms with Gasteiger partial charge in [-0.1, -0.05) is 19.1 Å². The van der Waals surface area contributed by atoms with Gasteiger partial charge in [0.1, 0.15) is 0 Å². The molecule has 2 aliphatic heterocycles. The van der Waals surface area contributed by atoms with E-state index in [-0.39, 0.29) is 29.6 Å². The van der Waals surface area contributed by atoms with Crippen LogP contribution in [0, 0.1) is 5.92 Å². The average Bonchev–Trinajstić information content (AvgIpc) is 2.92. The van der Waals surface area contributed by atoms with Crippen LogP contribution < -0.4 is 32.7 Å². The summed E-state index contributed by atoms with van der Waals surface area (Å²) in [5.41, 5.74) is 22.2. The summed E-state index contributed by atoms with van der Waals surface area (Å²) in [5, 5.41) is 7.19. The van der Waals surface area contributed by atoms with Crippen molar-refractivity contribution in [1.82, 2.24) is 15.3 Å². The molecule has 4 heterocycles. The van der Waals surface area contributed by atoms with Gasteiger partial charge in [-0.25, -0.2) is 4.98 Å². The number of benzene rings is 1. The third-order valence-electron chi connectivity index (χ3n) is 7.56. The second-order valence-electron chi connectivity index (χ2n) is 10.2. The Morgan fingerprint density at radius 1 is 1.18 bits per heavy atom. The first-order chi connectivity index (χ1) is 18.4. The van der Waals surface area contributed by atoms with E-state index in [4.69, 9.17) is 21.9 Å². The first-order valence-corrected chi connectivity index (χ1v) is 13.1. The number of nitrogen functional groups attached to an aromatic ring is 1. The number of nitrogens with two attached hydrogens (primary N) is 3. The van der Waals surface area contributed by atoms with Gasteiger partial charge in [-0.2, -0.15) is 0 Å². The Kier molecular flexibility index (Phi) is 7.62. The number of rotatable bonds is 6. The summed E-state index contributed by atoms with van der Waals surface area (Å²) < 4.78 is 5.51. The molecule has 0 spiro atoms. The Morgan fingerprint density at radius 3 is 2.76 bits per heavy atom. The lowest BCUT2D eigenvalue weighted by Crippen LogP contribution is -2.60. The van der Waals surface area contributed by atoms with Crippen LogP contribution in [0.3, 0.4) is 0 Å². The van der Waals surface area contributed by atoms with Crippen LogP contribution in [0.5, 0.6) is 0 Å². The van der Waals surface area contributed by atoms with E-state index >= 15 is 0 Å². The van der Waals surface area contributed by atoms with Crippen molar-refractivity contribution < 1.29 is 9.53 Å². The largest absolute Gasteiger partial charge is 0.403 e. The highest BCUT2D eigenvalue weighted by atomic mass is 16.5. The quantitative estimate of drug-likeness (QED) is 0.332. The number of hydrogen-bond donors (Lipinski definition) is 5. The number of anilines is 3. The number of piperidine rings is 1. The maximum Gasteiger partial charge on any atom is 0.276 e. The average molecular weight is 517 g/mol. The second kappa shape index (κ2) is 11.2. The molecule has 2 aliphatic rings. The summed E-state index contributed by atoms with van der Waals surface area (Å²) in [5.74, 6) is 0.300. The van der Waals surface area contributed by atoms with Crippen molar-refractivity contribution >= 4 is 33.9 Å². The number of nitrogens with zero attached hydrogens (tertiary/aromatic N) is 3. The van der Waals surface area contributed by atoms with E-state index in [0.29, 0.717) is 23.8 Å². The smallest absolute Gasteiger partial charge is 0.276 e. The summed E-state index contributed by atoms with van der Waals surface area (Å²) in [6.45, 7) is 5.03. The molecule has 200 valence electrons. The molecule has 0 saturated carbocycles. The Balaban J connectivity index is 1.37. The number of aromatic nitrogens is 2. The molecule has 8 N–H and O–H groups in total. The Labute approximate surface area is 222 Å². The van der Waals surface area contributed by atoms with Gasteiger partial charge < -0.3 is 37.5 Å². The molecule has 10 heteroatoms. The minimum absolute atomic E-state index is 0.0959. The molecular formula is C28H36N8O2. The molecular weight excluding hydrogens is 480 g/mol. The molecule has 2 saturated heterocycles. The van der Waals surface area contributed by atoms with Gasteiger partial charge in [0, 0.05) is 62.4 Å². The fourth-order valence-corrected chi connectivity index (χ4v) is 5.58. The molecule has 0 unspecified atom stereocenters. The van der Waals surface area contributed by atoms with Crippen molar-refractivity contribution in [2.24, 2.45) is 17.4 Å². The maximum atomic E-state index is 13.4. The van der Waals surface area contributed by atoms with Crippen LogP contribution in [0.15, 0.2) is 55.1 Å². The Morgan fingerprint density at radius 2 is 2.00 bits per heavy atom. The molecule has 38 heavy (non-hydrogen) atoms. The van der Waals surface area contributed by atoms with Crippen molar-refractivity contribution in [2.45, 2.75) is 37.8 Å². The molecule has 1 aromatic carbocycles. The van der Waals surface area contributed by atoms with E-state index in [1.54, 1.807) is 18.6 Å². The van der Waals surface area contributed by atoms with E-state index in [1.165, 1.54) is 11.8 Å². The first-order valence-electron chi connectivity index (χ1n) is 13.1. The number of carbonyl (C=O) groups is 1. The minimum atomic E-state index is -0.378. The SMILES string of the molecule is C[C@H]1CN(c2ccncc2NC(=O)c2nc3cc(C4CCOCC4)ccc3cc2N)C[C@@H](N)[C@H]1N/C=C\N. The highest BCUT2D eigenvalue weighted by Crippen LogP contribution is 2.32. The second-order valence-corrected chi connectivity index (χ2v) is 10.2. The predicted molar refractivity (Wildman–Crippen MR) is 151 cm³/mol. The molecule has 10 nitrogen and oxygen atoms in total. The minimum Gasteiger partial charge on any atom is -0.403 e. The van der Waals surface area contributed by atoms with Crippen molar-refractivity contribution in [3.05, 3.63) is 66.4 Å². The van der Waals surface area contributed by atoms with Gasteiger partial charge in [0.05, 0.1) is 28.8 Å². The summed E-state index contributed by atoms with van der Waals surface area (Å²) in [6.07, 6.45) is 8.52. The van der Waals surface area contributed by atoms with Gasteiger partial charge in [-0.05, 0) is 48.4 Å². The van der Waals surface area contributed by atoms with E-state index < -0.39 is 0 Å². The lowest BCUT2D eigenvalue weighted by Gasteiger charge is -2.42. The van der Waals surface area contributed by atoms with Gasteiger partial charge in [-0.15, -0.1) is 0 Å². The Bertz CT molecular complexity index is 1310. The number of ether oxygens (including phenoxy) is 1. The van der Waals surface area contributed by atoms with Crippen LogP contribution in [0.2, 0.25) is 0 Å². The monoisotopic (exact) mass is 516 g/mol. The first kappa shape index (κ1) is 25.7. The lowest BCUT2D eigenvalue weighted by atomic mass is 9.90. The van der Waals surface area contributed by atoms with E-state index in [1.807, 2.05) is 18.2 Å². The highest BCUT2D eigenvalue weighted by Gasteiger charge is 2.33. The summed E-state index contributed by atoms with van der Waals surface area (Å²) in [4.78, 5) is 24.5. The van der Waals surface area contributed by atoms with Crippen molar-refractivity contribution in [2.75, 3.05) is 42.3 Å². The van der Waals surface area contributed by atoms with Crippen LogP contribution in [0.25, 0.3) is 10.9 Å². The van der Waals surface area contributed by atoms with Crippen LogP contribution in [0.1, 0.15) is 41.7 Å². The zero-order chi connectivity index (χ0) is 26.6. The highest BCUT2D eigenvalue weighted by molar-refractivity contribution is 6.09. The maximum absolute atomic E-state index is 13.4. The van der Waals surface area contributed by atoms with Crippen LogP contribution in [-0.2, 0) is 4.74 Å². The molecule has 5 rings (SSSR count). The van der Waals surface area contributed by atoms with E-state index in [9.17, 15) is 4.79 Å². The standard InChI is InChI=1S/C28H36N8O2/c1-17-15-36(16-22(31)26(17)33-9-7-29)25-4-8-32-14-24(25)35-28(37)27-21(30)12-20-3-2-19(13-23(20)34-27)18-5-10-38-11-6-18/h2-4,7-9,12-14,17-18,22,26,33H,5-6,10-11,15-16,29-31H2,1H3,(H,35,37)/b9-7-/t17-,22+,26-/m0/s1. The van der Waals surface area contributed by atoms with Crippen molar-refractivity contribution in [3.8, 4) is 0 Å². The number of fused-ring (bicyclic) bond motifs is 1. The van der Waals surface area contributed by atoms with Crippen LogP contribution in [0.4, 0.5) is 17.1 Å². The number of nitrogens with one attached hydrogen (secondary N) is 2. The number of amides is 1. The Hall–Kier alpha value is -3.89. The summed E-state index contributed by atoms with van der Waals surface area (Å²) in [6, 6.07) is 9.88. The molecule has 0 aliphatic carbocycles. The number of hydrogen-bond acceptors (Lipinski definition) is 9. The third-order valence-corrected chi connectivity index (χ3v) is 7.56. The van der Waals surface area contributed by atoms with Crippen molar-refractivity contribution in [3.63, 3.8) is 0 Å². The van der Waals surface area contributed by atoms with E-state index in [2.05, 4.69) is 44.6 Å². The molecule has 0 radical (unpaired) electrons. The number of carbonyl (C=O) groups excluding carboxylic acids is 1. The van der Waals surface area contributed by atoms with E-state index in [0.717, 1.165) is 49.2 Å². The molecule has 3 aromatic rings. The third kappa shape index (κ3) is 5.36. The number of pyridine rings is 2. The molecule has 2 aromatic heterocycles. The summed E-state index contributed by atoms with van der Waals surface area (Å²) >= 11 is 0. The zero-order valence-electron chi connectivity index (χ0n) is 21.6. The van der Waals surface area contributed by atoms with Gasteiger partial charge in [0.25, 0.3) is 5.91 Å². The van der Waals surface area contributed by atoms with Crippen LogP contribution >= 0.6 is 0 Å².